The van der Waals surface area contributed by atoms with E-state index in [2.05, 4.69) is 17.3 Å². The van der Waals surface area contributed by atoms with Gasteiger partial charge in [0.25, 0.3) is 0 Å². The minimum absolute atomic E-state index is 0.260. The van der Waals surface area contributed by atoms with E-state index in [1.54, 1.807) is 24.3 Å². The number of carboxylic acid groups (broad SMARTS) is 1. The molecule has 4 aliphatic rings. The number of carbonyl (C=O) groups is 1. The molecule has 4 aliphatic carbocycles. The van der Waals surface area contributed by atoms with E-state index in [1.165, 1.54) is 12.8 Å². The molecule has 0 spiro atoms. The van der Waals surface area contributed by atoms with Crippen LogP contribution < -0.4 is 5.32 Å². The van der Waals surface area contributed by atoms with Gasteiger partial charge >= 0.3 is 5.97 Å². The second kappa shape index (κ2) is 7.26. The minimum Gasteiger partial charge on any atom is -0.478 e. The van der Waals surface area contributed by atoms with Gasteiger partial charge < -0.3 is 20.5 Å². The van der Waals surface area contributed by atoms with Gasteiger partial charge in [-0.1, -0.05) is 11.6 Å². The standard InChI is InChI=1S/C13H8ClNO2.C11H19NO/c14-8-2-4-12-10(6-8)9-5-7(13(16)17)1-3-11(9)15-12;1-12-10-8-2-7-3-9(10)6-11(13,4-7)5-8/h1-6,15H,(H,16,17);7-10,12-13H,2-6H2,1H3. The molecule has 7 rings (SSSR count). The molecule has 30 heavy (non-hydrogen) atoms. The van der Waals surface area contributed by atoms with E-state index in [4.69, 9.17) is 16.7 Å². The monoisotopic (exact) mass is 426 g/mol. The quantitative estimate of drug-likeness (QED) is 0.473. The Balaban J connectivity index is 0.000000133. The Kier molecular flexibility index (Phi) is 4.80. The SMILES string of the molecule is CNC1C2CC3CC1CC(O)(C3)C2.O=C(O)c1ccc2[nH]c3ccc(Cl)cc3c2c1. The van der Waals surface area contributed by atoms with Gasteiger partial charge in [-0.05, 0) is 93.3 Å². The average molecular weight is 427 g/mol. The molecule has 4 fully saturated rings. The lowest BCUT2D eigenvalue weighted by atomic mass is 9.52. The molecule has 0 saturated heterocycles. The van der Waals surface area contributed by atoms with Crippen molar-refractivity contribution >= 4 is 39.4 Å². The molecule has 1 heterocycles. The van der Waals surface area contributed by atoms with E-state index < -0.39 is 5.97 Å². The van der Waals surface area contributed by atoms with Crippen LogP contribution in [0.3, 0.4) is 0 Å². The molecule has 4 bridgehead atoms. The fourth-order valence-corrected chi connectivity index (χ4v) is 6.63. The zero-order valence-corrected chi connectivity index (χ0v) is 17.7. The maximum atomic E-state index is 10.9. The topological polar surface area (TPSA) is 85.3 Å². The summed E-state index contributed by atoms with van der Waals surface area (Å²) in [6.07, 6.45) is 5.95. The fraction of sp³-hybridized carbons (Fsp3) is 0.458. The van der Waals surface area contributed by atoms with Crippen molar-refractivity contribution in [1.29, 1.82) is 0 Å². The fourth-order valence-electron chi connectivity index (χ4n) is 6.46. The number of fused-ring (bicyclic) bond motifs is 3. The number of rotatable bonds is 2. The molecule has 6 heteroatoms. The van der Waals surface area contributed by atoms with Crippen molar-refractivity contribution in [2.45, 2.75) is 43.7 Å². The zero-order chi connectivity index (χ0) is 21.0. The number of aromatic amines is 1. The number of hydrogen-bond donors (Lipinski definition) is 4. The number of carboxylic acids is 1. The maximum absolute atomic E-state index is 10.9. The highest BCUT2D eigenvalue weighted by Crippen LogP contribution is 2.55. The van der Waals surface area contributed by atoms with Crippen LogP contribution in [0.25, 0.3) is 21.8 Å². The summed E-state index contributed by atoms with van der Waals surface area (Å²) in [6, 6.07) is 11.2. The van der Waals surface area contributed by atoms with Gasteiger partial charge in [-0.2, -0.15) is 0 Å². The molecule has 2 aromatic carbocycles. The number of H-pyrrole nitrogens is 1. The molecule has 0 amide bonds. The Labute approximate surface area is 180 Å². The third-order valence-corrected chi connectivity index (χ3v) is 7.62. The highest BCUT2D eigenvalue weighted by Gasteiger charge is 2.54. The number of aliphatic hydroxyl groups is 1. The Morgan fingerprint density at radius 3 is 2.30 bits per heavy atom. The molecule has 4 N–H and O–H groups in total. The van der Waals surface area contributed by atoms with Gasteiger partial charge in [-0.3, -0.25) is 0 Å². The van der Waals surface area contributed by atoms with Crippen molar-refractivity contribution in [3.05, 3.63) is 47.0 Å². The summed E-state index contributed by atoms with van der Waals surface area (Å²) in [5, 5.41) is 25.2. The first-order valence-electron chi connectivity index (χ1n) is 10.7. The van der Waals surface area contributed by atoms with Gasteiger partial charge in [0.15, 0.2) is 0 Å². The highest BCUT2D eigenvalue weighted by molar-refractivity contribution is 6.31. The summed E-state index contributed by atoms with van der Waals surface area (Å²) in [5.41, 5.74) is 1.88. The average Bonchev–Trinajstić information content (AvgIpc) is 3.04. The first-order valence-corrected chi connectivity index (χ1v) is 11.1. The van der Waals surface area contributed by atoms with E-state index in [9.17, 15) is 9.90 Å². The number of hydrogen-bond acceptors (Lipinski definition) is 3. The van der Waals surface area contributed by atoms with Crippen LogP contribution in [0.4, 0.5) is 0 Å². The van der Waals surface area contributed by atoms with Crippen molar-refractivity contribution in [2.24, 2.45) is 17.8 Å². The van der Waals surface area contributed by atoms with Crippen molar-refractivity contribution < 1.29 is 15.0 Å². The van der Waals surface area contributed by atoms with Gasteiger partial charge in [0.2, 0.25) is 0 Å². The Bertz CT molecular complexity index is 1110. The summed E-state index contributed by atoms with van der Waals surface area (Å²) in [5.74, 6) is 1.44. The zero-order valence-electron chi connectivity index (χ0n) is 17.0. The minimum atomic E-state index is -0.928. The van der Waals surface area contributed by atoms with Crippen LogP contribution in [0.1, 0.15) is 42.5 Å². The highest BCUT2D eigenvalue weighted by atomic mass is 35.5. The van der Waals surface area contributed by atoms with Gasteiger partial charge in [-0.15, -0.1) is 0 Å². The molecule has 1 aromatic heterocycles. The second-order valence-corrected chi connectivity index (χ2v) is 9.83. The van der Waals surface area contributed by atoms with Crippen molar-refractivity contribution in [3.8, 4) is 0 Å². The predicted octanol–water partition coefficient (Wildman–Crippen LogP) is 4.82. The normalized spacial score (nSPS) is 31.7. The molecular formula is C24H27ClN2O3. The molecule has 158 valence electrons. The summed E-state index contributed by atoms with van der Waals surface area (Å²) in [4.78, 5) is 14.2. The van der Waals surface area contributed by atoms with Crippen LogP contribution in [0.5, 0.6) is 0 Å². The molecule has 3 aromatic rings. The number of aromatic carboxylic acids is 1. The first kappa shape index (κ1) is 19.9. The van der Waals surface area contributed by atoms with Crippen molar-refractivity contribution in [3.63, 3.8) is 0 Å². The van der Waals surface area contributed by atoms with Crippen molar-refractivity contribution in [1.82, 2.24) is 10.3 Å². The van der Waals surface area contributed by atoms with E-state index >= 15 is 0 Å². The number of halogens is 1. The lowest BCUT2D eigenvalue weighted by Gasteiger charge is -2.58. The van der Waals surface area contributed by atoms with Gasteiger partial charge in [-0.25, -0.2) is 4.79 Å². The van der Waals surface area contributed by atoms with E-state index in [0.29, 0.717) is 11.1 Å². The Morgan fingerprint density at radius 1 is 1.07 bits per heavy atom. The van der Waals surface area contributed by atoms with E-state index in [1.807, 2.05) is 12.1 Å². The lowest BCUT2D eigenvalue weighted by molar-refractivity contribution is -0.137. The molecule has 0 radical (unpaired) electrons. The molecular weight excluding hydrogens is 400 g/mol. The van der Waals surface area contributed by atoms with Crippen LogP contribution in [0.2, 0.25) is 5.02 Å². The van der Waals surface area contributed by atoms with Crippen LogP contribution in [0.15, 0.2) is 36.4 Å². The second-order valence-electron chi connectivity index (χ2n) is 9.39. The van der Waals surface area contributed by atoms with Gasteiger partial charge in [0.1, 0.15) is 0 Å². The largest absolute Gasteiger partial charge is 0.478 e. The summed E-state index contributed by atoms with van der Waals surface area (Å²) in [6.45, 7) is 0. The molecule has 2 unspecified atom stereocenters. The number of nitrogens with one attached hydrogen (secondary N) is 2. The maximum Gasteiger partial charge on any atom is 0.335 e. The number of benzene rings is 2. The van der Waals surface area contributed by atoms with Gasteiger partial charge in [0, 0.05) is 32.9 Å². The smallest absolute Gasteiger partial charge is 0.335 e. The molecule has 0 aliphatic heterocycles. The van der Waals surface area contributed by atoms with Crippen molar-refractivity contribution in [2.75, 3.05) is 7.05 Å². The molecule has 2 atom stereocenters. The Hall–Kier alpha value is -2.08. The van der Waals surface area contributed by atoms with Crippen LogP contribution in [-0.2, 0) is 0 Å². The van der Waals surface area contributed by atoms with Crippen LogP contribution in [0, 0.1) is 17.8 Å². The molecule has 5 nitrogen and oxygen atoms in total. The van der Waals surface area contributed by atoms with E-state index in [-0.39, 0.29) is 11.2 Å². The summed E-state index contributed by atoms with van der Waals surface area (Å²) in [7, 11) is 2.08. The number of aromatic nitrogens is 1. The predicted molar refractivity (Wildman–Crippen MR) is 119 cm³/mol. The summed E-state index contributed by atoms with van der Waals surface area (Å²) >= 11 is 5.95. The van der Waals surface area contributed by atoms with Crippen LogP contribution in [-0.4, -0.2) is 39.9 Å². The third kappa shape index (κ3) is 3.39. The third-order valence-electron chi connectivity index (χ3n) is 7.38. The summed E-state index contributed by atoms with van der Waals surface area (Å²) < 4.78 is 0. The van der Waals surface area contributed by atoms with Gasteiger partial charge in [0.05, 0.1) is 11.2 Å². The molecule has 4 saturated carbocycles. The van der Waals surface area contributed by atoms with Crippen LogP contribution >= 0.6 is 11.6 Å². The Morgan fingerprint density at radius 2 is 1.70 bits per heavy atom. The van der Waals surface area contributed by atoms with E-state index in [0.717, 1.165) is 58.8 Å². The lowest BCUT2D eigenvalue weighted by Crippen LogP contribution is -2.60. The first-order chi connectivity index (χ1) is 14.3.